The van der Waals surface area contributed by atoms with Crippen molar-refractivity contribution in [1.82, 2.24) is 10.2 Å². The Kier molecular flexibility index (Phi) is 6.50. The zero-order valence-corrected chi connectivity index (χ0v) is 13.5. The largest absolute Gasteiger partial charge is 0.340 e. The van der Waals surface area contributed by atoms with E-state index in [2.05, 4.69) is 19.2 Å². The lowest BCUT2D eigenvalue weighted by Crippen LogP contribution is -2.67. The molecule has 0 radical (unpaired) electrons. The van der Waals surface area contributed by atoms with E-state index >= 15 is 0 Å². The monoisotopic (exact) mass is 282 g/mol. The van der Waals surface area contributed by atoms with E-state index < -0.39 is 5.54 Å². The summed E-state index contributed by atoms with van der Waals surface area (Å²) >= 11 is 0. The Morgan fingerprint density at radius 2 is 1.80 bits per heavy atom. The van der Waals surface area contributed by atoms with Gasteiger partial charge >= 0.3 is 0 Å². The van der Waals surface area contributed by atoms with Gasteiger partial charge in [-0.3, -0.25) is 9.59 Å². The highest BCUT2D eigenvalue weighted by Crippen LogP contribution is 2.25. The van der Waals surface area contributed by atoms with Crippen LogP contribution in [0.1, 0.15) is 72.6 Å². The summed E-state index contributed by atoms with van der Waals surface area (Å²) in [5.74, 6) is 0.0822. The number of amides is 2. The molecular weight excluding hydrogens is 252 g/mol. The third-order valence-electron chi connectivity index (χ3n) is 4.58. The number of hydrogen-bond acceptors (Lipinski definition) is 2. The molecule has 0 aromatic heterocycles. The quantitative estimate of drug-likeness (QED) is 0.696. The molecule has 0 aromatic rings. The normalized spacial score (nSPS) is 19.9. The summed E-state index contributed by atoms with van der Waals surface area (Å²) in [5, 5.41) is 2.91. The predicted molar refractivity (Wildman–Crippen MR) is 81.4 cm³/mol. The highest BCUT2D eigenvalue weighted by atomic mass is 16.2. The van der Waals surface area contributed by atoms with Gasteiger partial charge in [0.25, 0.3) is 0 Å². The Labute approximate surface area is 123 Å². The Hall–Kier alpha value is -1.06. The van der Waals surface area contributed by atoms with E-state index in [-0.39, 0.29) is 24.4 Å². The first kappa shape index (κ1) is 17.0. The number of rotatable bonds is 8. The maximum atomic E-state index is 12.7. The first-order valence-corrected chi connectivity index (χ1v) is 8.12. The van der Waals surface area contributed by atoms with Crippen LogP contribution >= 0.6 is 0 Å². The number of piperazine rings is 1. The van der Waals surface area contributed by atoms with E-state index in [0.717, 1.165) is 12.8 Å². The molecule has 1 N–H and O–H groups in total. The van der Waals surface area contributed by atoms with Crippen molar-refractivity contribution in [3.63, 3.8) is 0 Å². The predicted octanol–water partition coefficient (Wildman–Crippen LogP) is 2.86. The average molecular weight is 282 g/mol. The van der Waals surface area contributed by atoms with Crippen LogP contribution in [-0.2, 0) is 9.59 Å². The smallest absolute Gasteiger partial charge is 0.249 e. The van der Waals surface area contributed by atoms with Crippen molar-refractivity contribution in [1.29, 1.82) is 0 Å². The molecule has 4 nitrogen and oxygen atoms in total. The van der Waals surface area contributed by atoms with Gasteiger partial charge in [-0.05, 0) is 26.2 Å². The van der Waals surface area contributed by atoms with Gasteiger partial charge in [-0.15, -0.1) is 0 Å². The minimum atomic E-state index is -0.674. The molecule has 1 atom stereocenters. The first-order valence-electron chi connectivity index (χ1n) is 8.12. The van der Waals surface area contributed by atoms with Crippen molar-refractivity contribution in [2.75, 3.05) is 6.54 Å². The average Bonchev–Trinajstić information content (AvgIpc) is 2.45. The molecule has 1 unspecified atom stereocenters. The van der Waals surface area contributed by atoms with Crippen molar-refractivity contribution in [3.8, 4) is 0 Å². The van der Waals surface area contributed by atoms with Gasteiger partial charge in [0.05, 0.1) is 6.54 Å². The molecular formula is C16H30N2O2. The minimum absolute atomic E-state index is 0.0197. The lowest BCUT2D eigenvalue weighted by molar-refractivity contribution is -0.152. The maximum Gasteiger partial charge on any atom is 0.249 e. The number of nitrogens with zero attached hydrogens (tertiary/aromatic N) is 1. The van der Waals surface area contributed by atoms with Gasteiger partial charge in [-0.1, -0.05) is 46.5 Å². The molecule has 1 aliphatic rings. The molecule has 0 spiro atoms. The number of hydrogen-bond donors (Lipinski definition) is 1. The van der Waals surface area contributed by atoms with Gasteiger partial charge < -0.3 is 10.2 Å². The maximum absolute atomic E-state index is 12.7. The van der Waals surface area contributed by atoms with Crippen LogP contribution in [0.3, 0.4) is 0 Å². The standard InChI is InChI=1S/C16H30N2O2/c1-5-8-9-10-11-13(4)18-12-14(19)17-16(6-2,7-3)15(18)20/h13H,5-12H2,1-4H3,(H,17,19). The van der Waals surface area contributed by atoms with E-state index in [1.54, 1.807) is 4.90 Å². The molecule has 4 heteroatoms. The number of carbonyl (C=O) groups is 2. The summed E-state index contributed by atoms with van der Waals surface area (Å²) < 4.78 is 0. The van der Waals surface area contributed by atoms with Crippen LogP contribution in [0, 0.1) is 0 Å². The first-order chi connectivity index (χ1) is 9.50. The number of unbranched alkanes of at least 4 members (excludes halogenated alkanes) is 3. The summed E-state index contributed by atoms with van der Waals surface area (Å²) in [6.45, 7) is 8.42. The zero-order chi connectivity index (χ0) is 15.2. The lowest BCUT2D eigenvalue weighted by Gasteiger charge is -2.43. The van der Waals surface area contributed by atoms with Crippen molar-refractivity contribution in [2.45, 2.75) is 84.2 Å². The number of nitrogens with one attached hydrogen (secondary N) is 1. The van der Waals surface area contributed by atoms with Crippen molar-refractivity contribution in [2.24, 2.45) is 0 Å². The third-order valence-corrected chi connectivity index (χ3v) is 4.58. The van der Waals surface area contributed by atoms with E-state index in [4.69, 9.17) is 0 Å². The molecule has 0 aromatic carbocycles. The second-order valence-electron chi connectivity index (χ2n) is 5.97. The number of carbonyl (C=O) groups excluding carboxylic acids is 2. The van der Waals surface area contributed by atoms with Crippen LogP contribution < -0.4 is 5.32 Å². The van der Waals surface area contributed by atoms with Crippen LogP contribution in [0.15, 0.2) is 0 Å². The molecule has 1 fully saturated rings. The van der Waals surface area contributed by atoms with Crippen molar-refractivity contribution < 1.29 is 9.59 Å². The van der Waals surface area contributed by atoms with E-state index in [1.807, 2.05) is 13.8 Å². The molecule has 1 heterocycles. The molecule has 0 saturated carbocycles. The zero-order valence-electron chi connectivity index (χ0n) is 13.5. The lowest BCUT2D eigenvalue weighted by atomic mass is 9.88. The summed E-state index contributed by atoms with van der Waals surface area (Å²) in [5.41, 5.74) is -0.674. The minimum Gasteiger partial charge on any atom is -0.340 e. The summed E-state index contributed by atoms with van der Waals surface area (Å²) in [7, 11) is 0. The van der Waals surface area contributed by atoms with Crippen LogP contribution in [0.2, 0.25) is 0 Å². The SMILES string of the molecule is CCCCCCC(C)N1CC(=O)NC(CC)(CC)C1=O. The highest BCUT2D eigenvalue weighted by molar-refractivity contribution is 5.98. The summed E-state index contributed by atoms with van der Waals surface area (Å²) in [4.78, 5) is 26.4. The third kappa shape index (κ3) is 3.74. The fourth-order valence-corrected chi connectivity index (χ4v) is 2.97. The van der Waals surface area contributed by atoms with Gasteiger partial charge in [-0.2, -0.15) is 0 Å². The topological polar surface area (TPSA) is 49.4 Å². The Bertz CT molecular complexity index is 337. The molecule has 2 amide bonds. The highest BCUT2D eigenvalue weighted by Gasteiger charge is 2.45. The van der Waals surface area contributed by atoms with Crippen molar-refractivity contribution in [3.05, 3.63) is 0 Å². The van der Waals surface area contributed by atoms with Crippen LogP contribution in [0.25, 0.3) is 0 Å². The van der Waals surface area contributed by atoms with Crippen LogP contribution in [-0.4, -0.2) is 34.8 Å². The van der Waals surface area contributed by atoms with Crippen LogP contribution in [0.4, 0.5) is 0 Å². The van der Waals surface area contributed by atoms with Gasteiger partial charge in [0.1, 0.15) is 5.54 Å². The second-order valence-corrected chi connectivity index (χ2v) is 5.97. The molecule has 20 heavy (non-hydrogen) atoms. The second kappa shape index (κ2) is 7.65. The summed E-state index contributed by atoms with van der Waals surface area (Å²) in [6, 6.07) is 0.155. The Morgan fingerprint density at radius 3 is 2.35 bits per heavy atom. The van der Waals surface area contributed by atoms with Gasteiger partial charge in [0.2, 0.25) is 11.8 Å². The fourth-order valence-electron chi connectivity index (χ4n) is 2.97. The van der Waals surface area contributed by atoms with Gasteiger partial charge in [0.15, 0.2) is 0 Å². The van der Waals surface area contributed by atoms with Gasteiger partial charge in [-0.25, -0.2) is 0 Å². The Balaban J connectivity index is 2.67. The fraction of sp³-hybridized carbons (Fsp3) is 0.875. The Morgan fingerprint density at radius 1 is 1.15 bits per heavy atom. The van der Waals surface area contributed by atoms with E-state index in [1.165, 1.54) is 19.3 Å². The van der Waals surface area contributed by atoms with Crippen molar-refractivity contribution >= 4 is 11.8 Å². The molecule has 1 aliphatic heterocycles. The molecule has 116 valence electrons. The van der Waals surface area contributed by atoms with Crippen LogP contribution in [0.5, 0.6) is 0 Å². The molecule has 1 rings (SSSR count). The van der Waals surface area contributed by atoms with E-state index in [9.17, 15) is 9.59 Å². The molecule has 0 aliphatic carbocycles. The molecule has 0 bridgehead atoms. The van der Waals surface area contributed by atoms with E-state index in [0.29, 0.717) is 12.8 Å². The summed E-state index contributed by atoms with van der Waals surface area (Å²) in [6.07, 6.45) is 7.11. The van der Waals surface area contributed by atoms with Gasteiger partial charge in [0, 0.05) is 6.04 Å². The molecule has 1 saturated heterocycles.